The van der Waals surface area contributed by atoms with Crippen molar-refractivity contribution in [2.45, 2.75) is 0 Å². The van der Waals surface area contributed by atoms with Crippen molar-refractivity contribution in [2.24, 2.45) is 10.8 Å². The van der Waals surface area contributed by atoms with Gasteiger partial charge < -0.3 is 10.5 Å². The molecule has 0 saturated carbocycles. The normalized spacial score (nSPS) is 10.4. The molecule has 0 atom stereocenters. The number of nitrogens with one attached hydrogen (secondary N) is 1. The first-order chi connectivity index (χ1) is 11.9. The smallest absolute Gasteiger partial charge is 0.329 e. The van der Waals surface area contributed by atoms with Gasteiger partial charge in [0, 0.05) is 11.6 Å². The molecular formula is C15H11ClN4O5. The zero-order chi connectivity index (χ0) is 18.4. The molecule has 0 radical (unpaired) electrons. The molecule has 2 rings (SSSR count). The summed E-state index contributed by atoms with van der Waals surface area (Å²) in [6.07, 6.45) is 1.12. The largest absolute Gasteiger partial charge is 0.449 e. The molecule has 0 aliphatic carbocycles. The molecule has 128 valence electrons. The Bertz CT molecular complexity index is 869. The van der Waals surface area contributed by atoms with E-state index in [1.54, 1.807) is 24.3 Å². The predicted molar refractivity (Wildman–Crippen MR) is 89.6 cm³/mol. The molecule has 10 heteroatoms. The predicted octanol–water partition coefficient (Wildman–Crippen LogP) is 1.98. The number of benzene rings is 2. The van der Waals surface area contributed by atoms with Crippen LogP contribution in [-0.4, -0.2) is 23.0 Å². The minimum atomic E-state index is -1.20. The number of carbonyl (C=O) groups excluding carboxylic acids is 2. The van der Waals surface area contributed by atoms with Crippen LogP contribution >= 0.6 is 11.6 Å². The van der Waals surface area contributed by atoms with Gasteiger partial charge in [0.15, 0.2) is 0 Å². The number of hydrogen-bond acceptors (Lipinski definition) is 6. The van der Waals surface area contributed by atoms with E-state index in [1.165, 1.54) is 18.2 Å². The van der Waals surface area contributed by atoms with E-state index in [1.807, 2.05) is 5.43 Å². The second kappa shape index (κ2) is 7.88. The first-order valence-corrected chi connectivity index (χ1v) is 7.10. The van der Waals surface area contributed by atoms with E-state index in [-0.39, 0.29) is 17.2 Å². The highest BCUT2D eigenvalue weighted by molar-refractivity contribution is 6.34. The van der Waals surface area contributed by atoms with Crippen LogP contribution < -0.4 is 15.9 Å². The summed E-state index contributed by atoms with van der Waals surface area (Å²) in [7, 11) is 0. The van der Waals surface area contributed by atoms with Crippen molar-refractivity contribution in [3.8, 4) is 11.5 Å². The Morgan fingerprint density at radius 3 is 2.60 bits per heavy atom. The number of halogens is 1. The molecule has 2 aromatic carbocycles. The average Bonchev–Trinajstić information content (AvgIpc) is 2.57. The van der Waals surface area contributed by atoms with E-state index in [0.717, 1.165) is 6.21 Å². The van der Waals surface area contributed by atoms with E-state index < -0.39 is 16.7 Å². The molecule has 0 heterocycles. The number of amides is 2. The van der Waals surface area contributed by atoms with Crippen LogP contribution in [-0.2, 0) is 9.59 Å². The van der Waals surface area contributed by atoms with Crippen LogP contribution in [0, 0.1) is 10.1 Å². The molecule has 3 N–H and O–H groups in total. The molecule has 0 saturated heterocycles. The molecular weight excluding hydrogens is 352 g/mol. The zero-order valence-corrected chi connectivity index (χ0v) is 13.3. The molecule has 2 aromatic rings. The molecule has 0 spiro atoms. The lowest BCUT2D eigenvalue weighted by atomic mass is 10.2. The van der Waals surface area contributed by atoms with Crippen LogP contribution in [0.15, 0.2) is 47.6 Å². The monoisotopic (exact) mass is 362 g/mol. The third-order valence-electron chi connectivity index (χ3n) is 2.84. The van der Waals surface area contributed by atoms with Gasteiger partial charge in [0.2, 0.25) is 5.75 Å². The van der Waals surface area contributed by atoms with Gasteiger partial charge in [-0.25, -0.2) is 5.43 Å². The minimum absolute atomic E-state index is 0.0172. The maximum Gasteiger partial charge on any atom is 0.329 e. The Labute approximate surface area is 146 Å². The van der Waals surface area contributed by atoms with Crippen LogP contribution in [0.5, 0.6) is 11.5 Å². The van der Waals surface area contributed by atoms with Crippen molar-refractivity contribution >= 4 is 35.3 Å². The summed E-state index contributed by atoms with van der Waals surface area (Å²) in [5, 5.41) is 15.0. The van der Waals surface area contributed by atoms with Crippen LogP contribution in [0.4, 0.5) is 5.69 Å². The van der Waals surface area contributed by atoms with Gasteiger partial charge in [0.25, 0.3) is 0 Å². The fourth-order valence-corrected chi connectivity index (χ4v) is 1.88. The summed E-state index contributed by atoms with van der Waals surface area (Å²) in [5.74, 6) is -2.06. The first-order valence-electron chi connectivity index (χ1n) is 6.72. The lowest BCUT2D eigenvalue weighted by Gasteiger charge is -2.08. The van der Waals surface area contributed by atoms with Gasteiger partial charge in [0.05, 0.1) is 16.2 Å². The van der Waals surface area contributed by atoms with E-state index in [2.05, 4.69) is 5.10 Å². The molecule has 0 bridgehead atoms. The Balaban J connectivity index is 2.24. The van der Waals surface area contributed by atoms with Crippen LogP contribution in [0.25, 0.3) is 0 Å². The standard InChI is InChI=1S/C15H11ClN4O5/c16-10-3-1-2-4-12(10)25-13-6-5-9(7-11(13)20(23)24)8-18-19-15(22)14(17)21/h1-8H,(H2,17,21)(H,19,22)/b18-8+. The van der Waals surface area contributed by atoms with Crippen molar-refractivity contribution < 1.29 is 19.2 Å². The third-order valence-corrected chi connectivity index (χ3v) is 3.15. The quantitative estimate of drug-likeness (QED) is 0.362. The van der Waals surface area contributed by atoms with Gasteiger partial charge in [-0.15, -0.1) is 0 Å². The van der Waals surface area contributed by atoms with Crippen molar-refractivity contribution in [3.63, 3.8) is 0 Å². The second-order valence-electron chi connectivity index (χ2n) is 4.58. The highest BCUT2D eigenvalue weighted by atomic mass is 35.5. The maximum atomic E-state index is 11.2. The summed E-state index contributed by atoms with van der Waals surface area (Å²) in [4.78, 5) is 32.1. The Kier molecular flexibility index (Phi) is 5.64. The highest BCUT2D eigenvalue weighted by Gasteiger charge is 2.17. The van der Waals surface area contributed by atoms with Crippen molar-refractivity contribution in [3.05, 3.63) is 63.2 Å². The number of nitro groups is 1. The summed E-state index contributed by atoms with van der Waals surface area (Å²) in [6, 6.07) is 10.6. The summed E-state index contributed by atoms with van der Waals surface area (Å²) < 4.78 is 5.48. The lowest BCUT2D eigenvalue weighted by Crippen LogP contribution is -2.32. The number of carbonyl (C=O) groups is 2. The first kappa shape index (κ1) is 17.9. The van der Waals surface area contributed by atoms with Crippen molar-refractivity contribution in [1.29, 1.82) is 0 Å². The van der Waals surface area contributed by atoms with E-state index in [9.17, 15) is 19.7 Å². The maximum absolute atomic E-state index is 11.2. The number of primary amides is 1. The van der Waals surface area contributed by atoms with Gasteiger partial charge in [0.1, 0.15) is 5.75 Å². The molecule has 0 aliphatic heterocycles. The highest BCUT2D eigenvalue weighted by Crippen LogP contribution is 2.34. The fourth-order valence-electron chi connectivity index (χ4n) is 1.71. The van der Waals surface area contributed by atoms with Gasteiger partial charge in [-0.05, 0) is 24.3 Å². The number of hydrazone groups is 1. The minimum Gasteiger partial charge on any atom is -0.449 e. The Morgan fingerprint density at radius 1 is 1.24 bits per heavy atom. The Hall–Kier alpha value is -3.46. The van der Waals surface area contributed by atoms with Crippen molar-refractivity contribution in [2.75, 3.05) is 0 Å². The molecule has 2 amide bonds. The Morgan fingerprint density at radius 2 is 1.96 bits per heavy atom. The molecule has 0 aromatic heterocycles. The number of hydrogen-bond donors (Lipinski definition) is 2. The number of ether oxygens (including phenoxy) is 1. The van der Waals surface area contributed by atoms with Crippen LogP contribution in [0.2, 0.25) is 5.02 Å². The van der Waals surface area contributed by atoms with Gasteiger partial charge in [-0.3, -0.25) is 19.7 Å². The topological polar surface area (TPSA) is 137 Å². The molecule has 0 fully saturated rings. The van der Waals surface area contributed by atoms with E-state index in [4.69, 9.17) is 22.1 Å². The van der Waals surface area contributed by atoms with Gasteiger partial charge in [-0.2, -0.15) is 5.10 Å². The third kappa shape index (κ3) is 4.75. The number of nitrogens with two attached hydrogens (primary N) is 1. The summed E-state index contributed by atoms with van der Waals surface area (Å²) >= 11 is 5.97. The summed E-state index contributed by atoms with van der Waals surface area (Å²) in [6.45, 7) is 0. The molecule has 25 heavy (non-hydrogen) atoms. The molecule has 9 nitrogen and oxygen atoms in total. The fraction of sp³-hybridized carbons (Fsp3) is 0. The van der Waals surface area contributed by atoms with Crippen LogP contribution in [0.1, 0.15) is 5.56 Å². The second-order valence-corrected chi connectivity index (χ2v) is 4.99. The van der Waals surface area contributed by atoms with E-state index >= 15 is 0 Å². The molecule has 0 unspecified atom stereocenters. The zero-order valence-electron chi connectivity index (χ0n) is 12.5. The number of nitro benzene ring substituents is 1. The summed E-state index contributed by atoms with van der Waals surface area (Å²) in [5.41, 5.74) is 6.59. The number of rotatable bonds is 5. The number of nitrogens with zero attached hydrogens (tertiary/aromatic N) is 2. The molecule has 0 aliphatic rings. The number of para-hydroxylation sites is 1. The van der Waals surface area contributed by atoms with Crippen LogP contribution in [0.3, 0.4) is 0 Å². The van der Waals surface area contributed by atoms with E-state index in [0.29, 0.717) is 10.6 Å². The van der Waals surface area contributed by atoms with Gasteiger partial charge in [-0.1, -0.05) is 23.7 Å². The van der Waals surface area contributed by atoms with Crippen molar-refractivity contribution in [1.82, 2.24) is 5.43 Å². The lowest BCUT2D eigenvalue weighted by molar-refractivity contribution is -0.385. The van der Waals surface area contributed by atoms with Gasteiger partial charge >= 0.3 is 17.5 Å². The average molecular weight is 363 g/mol. The SMILES string of the molecule is NC(=O)C(=O)N/N=C/c1ccc(Oc2ccccc2Cl)c([N+](=O)[O-])c1.